The highest BCUT2D eigenvalue weighted by Crippen LogP contribution is 2.33. The normalized spacial score (nSPS) is 17.1. The average Bonchev–Trinajstić information content (AvgIpc) is 3.43. The van der Waals surface area contributed by atoms with E-state index in [4.69, 9.17) is 9.51 Å². The van der Waals surface area contributed by atoms with E-state index in [1.165, 1.54) is 16.1 Å². The molecular formula is C20H19N5OS. The number of aryl methyl sites for hydroxylation is 1. The predicted octanol–water partition coefficient (Wildman–Crippen LogP) is 4.13. The van der Waals surface area contributed by atoms with Gasteiger partial charge in [0.25, 0.3) is 0 Å². The van der Waals surface area contributed by atoms with Crippen LogP contribution in [0.4, 0.5) is 0 Å². The molecule has 0 radical (unpaired) electrons. The molecule has 0 bridgehead atoms. The van der Waals surface area contributed by atoms with Crippen LogP contribution in [0.25, 0.3) is 11.4 Å². The van der Waals surface area contributed by atoms with E-state index in [9.17, 15) is 0 Å². The van der Waals surface area contributed by atoms with Gasteiger partial charge in [-0.2, -0.15) is 4.98 Å². The number of nitrogens with one attached hydrogen (secondary N) is 1. The van der Waals surface area contributed by atoms with E-state index in [0.717, 1.165) is 30.8 Å². The highest BCUT2D eigenvalue weighted by Gasteiger charge is 2.33. The fraction of sp³-hybridized carbons (Fsp3) is 0.250. The van der Waals surface area contributed by atoms with Gasteiger partial charge in [0.2, 0.25) is 11.7 Å². The molecule has 1 aliphatic rings. The van der Waals surface area contributed by atoms with Gasteiger partial charge in [-0.15, -0.1) is 11.3 Å². The number of benzene rings is 1. The van der Waals surface area contributed by atoms with Crippen LogP contribution in [0.15, 0.2) is 52.6 Å². The Morgan fingerprint density at radius 1 is 1.26 bits per heavy atom. The topological polar surface area (TPSA) is 70.8 Å². The summed E-state index contributed by atoms with van der Waals surface area (Å²) in [5, 5.41) is 6.34. The summed E-state index contributed by atoms with van der Waals surface area (Å²) in [5.41, 5.74) is 4.43. The van der Waals surface area contributed by atoms with E-state index in [1.54, 1.807) is 17.7 Å². The van der Waals surface area contributed by atoms with E-state index >= 15 is 0 Å². The van der Waals surface area contributed by atoms with Crippen molar-refractivity contribution in [2.75, 3.05) is 0 Å². The number of thiophene rings is 1. The standard InChI is InChI=1S/C20H19N5OS/c1-13-4-6-14(7-5-13)19-23-20(26-24-19)18-9-16-17(22-12-21-16)11-25(18)10-15-3-2-8-27-15/h2-8,12,18H,9-11H2,1H3,(H,21,22)/t18-/m0/s1. The summed E-state index contributed by atoms with van der Waals surface area (Å²) < 4.78 is 5.69. The highest BCUT2D eigenvalue weighted by atomic mass is 32.1. The molecule has 0 spiro atoms. The lowest BCUT2D eigenvalue weighted by Crippen LogP contribution is -2.34. The predicted molar refractivity (Wildman–Crippen MR) is 103 cm³/mol. The van der Waals surface area contributed by atoms with E-state index in [2.05, 4.69) is 56.6 Å². The van der Waals surface area contributed by atoms with Crippen LogP contribution in [-0.4, -0.2) is 25.0 Å². The Bertz CT molecular complexity index is 1030. The molecule has 1 aromatic carbocycles. The first-order valence-corrected chi connectivity index (χ1v) is 9.82. The van der Waals surface area contributed by atoms with Gasteiger partial charge in [-0.1, -0.05) is 41.1 Å². The van der Waals surface area contributed by atoms with Crippen LogP contribution in [0.2, 0.25) is 0 Å². The van der Waals surface area contributed by atoms with Crippen LogP contribution in [0, 0.1) is 6.92 Å². The first kappa shape index (κ1) is 16.4. The number of fused-ring (bicyclic) bond motifs is 1. The quantitative estimate of drug-likeness (QED) is 0.579. The lowest BCUT2D eigenvalue weighted by Gasteiger charge is -2.32. The van der Waals surface area contributed by atoms with Crippen LogP contribution in [0.1, 0.15) is 33.8 Å². The van der Waals surface area contributed by atoms with Crippen LogP contribution < -0.4 is 0 Å². The van der Waals surface area contributed by atoms with E-state index in [-0.39, 0.29) is 6.04 Å². The second-order valence-corrected chi connectivity index (χ2v) is 7.89. The number of rotatable bonds is 4. The maximum absolute atomic E-state index is 5.69. The summed E-state index contributed by atoms with van der Waals surface area (Å²) in [7, 11) is 0. The first-order chi connectivity index (χ1) is 13.3. The molecule has 0 fully saturated rings. The smallest absolute Gasteiger partial charge is 0.244 e. The summed E-state index contributed by atoms with van der Waals surface area (Å²) in [6.45, 7) is 3.71. The molecule has 7 heteroatoms. The summed E-state index contributed by atoms with van der Waals surface area (Å²) >= 11 is 1.77. The molecule has 1 atom stereocenters. The van der Waals surface area contributed by atoms with Crippen molar-refractivity contribution < 1.29 is 4.52 Å². The highest BCUT2D eigenvalue weighted by molar-refractivity contribution is 7.09. The lowest BCUT2D eigenvalue weighted by atomic mass is 10.0. The van der Waals surface area contributed by atoms with Gasteiger partial charge in [-0.3, -0.25) is 4.90 Å². The molecule has 6 nitrogen and oxygen atoms in total. The molecule has 1 aliphatic heterocycles. The number of nitrogens with zero attached hydrogens (tertiary/aromatic N) is 4. The number of aromatic nitrogens is 4. The zero-order valence-electron chi connectivity index (χ0n) is 14.9. The largest absolute Gasteiger partial charge is 0.347 e. The Labute approximate surface area is 160 Å². The van der Waals surface area contributed by atoms with Crippen molar-refractivity contribution in [2.45, 2.75) is 32.5 Å². The Morgan fingerprint density at radius 2 is 2.15 bits per heavy atom. The fourth-order valence-electron chi connectivity index (χ4n) is 3.49. The van der Waals surface area contributed by atoms with Gasteiger partial charge < -0.3 is 9.51 Å². The summed E-state index contributed by atoms with van der Waals surface area (Å²) in [6, 6.07) is 12.4. The van der Waals surface area contributed by atoms with Crippen LogP contribution >= 0.6 is 11.3 Å². The molecule has 0 saturated heterocycles. The average molecular weight is 377 g/mol. The first-order valence-electron chi connectivity index (χ1n) is 8.94. The van der Waals surface area contributed by atoms with Gasteiger partial charge in [-0.05, 0) is 18.4 Å². The van der Waals surface area contributed by atoms with Crippen molar-refractivity contribution in [1.29, 1.82) is 0 Å². The Balaban J connectivity index is 1.46. The molecule has 4 aromatic rings. The lowest BCUT2D eigenvalue weighted by molar-refractivity contribution is 0.129. The third kappa shape index (κ3) is 3.20. The van der Waals surface area contributed by atoms with Crippen LogP contribution in [0.5, 0.6) is 0 Å². The minimum Gasteiger partial charge on any atom is -0.347 e. The Kier molecular flexibility index (Phi) is 4.10. The van der Waals surface area contributed by atoms with Crippen molar-refractivity contribution >= 4 is 11.3 Å². The molecule has 1 N–H and O–H groups in total. The van der Waals surface area contributed by atoms with E-state index in [1.807, 2.05) is 12.1 Å². The Morgan fingerprint density at radius 3 is 2.96 bits per heavy atom. The second-order valence-electron chi connectivity index (χ2n) is 6.85. The molecule has 0 saturated carbocycles. The third-order valence-electron chi connectivity index (χ3n) is 4.97. The molecule has 0 unspecified atom stereocenters. The number of H-pyrrole nitrogens is 1. The fourth-order valence-corrected chi connectivity index (χ4v) is 4.22. The van der Waals surface area contributed by atoms with Gasteiger partial charge >= 0.3 is 0 Å². The molecule has 27 heavy (non-hydrogen) atoms. The molecule has 0 aliphatic carbocycles. The van der Waals surface area contributed by atoms with Crippen molar-refractivity contribution in [1.82, 2.24) is 25.0 Å². The second kappa shape index (κ2) is 6.75. The maximum atomic E-state index is 5.69. The number of hydrogen-bond donors (Lipinski definition) is 1. The van der Waals surface area contributed by atoms with Crippen LogP contribution in [0.3, 0.4) is 0 Å². The van der Waals surface area contributed by atoms with Crippen molar-refractivity contribution in [2.24, 2.45) is 0 Å². The molecule has 4 heterocycles. The number of aromatic amines is 1. The van der Waals surface area contributed by atoms with Crippen molar-refractivity contribution in [3.63, 3.8) is 0 Å². The molecule has 3 aromatic heterocycles. The third-order valence-corrected chi connectivity index (χ3v) is 5.83. The van der Waals surface area contributed by atoms with E-state index in [0.29, 0.717) is 11.7 Å². The van der Waals surface area contributed by atoms with Gasteiger partial charge in [0.15, 0.2) is 0 Å². The Hall–Kier alpha value is -2.77. The number of imidazole rings is 1. The van der Waals surface area contributed by atoms with Gasteiger partial charge in [0, 0.05) is 30.0 Å². The van der Waals surface area contributed by atoms with Crippen molar-refractivity contribution in [3.05, 3.63) is 75.8 Å². The molecule has 5 rings (SSSR count). The summed E-state index contributed by atoms with van der Waals surface area (Å²) in [6.07, 6.45) is 2.53. The minimum absolute atomic E-state index is 0.0228. The molecular weight excluding hydrogens is 358 g/mol. The molecule has 0 amide bonds. The minimum atomic E-state index is 0.0228. The summed E-state index contributed by atoms with van der Waals surface area (Å²) in [4.78, 5) is 16.1. The van der Waals surface area contributed by atoms with Crippen molar-refractivity contribution in [3.8, 4) is 11.4 Å². The summed E-state index contributed by atoms with van der Waals surface area (Å²) in [5.74, 6) is 1.28. The number of hydrogen-bond acceptors (Lipinski definition) is 6. The zero-order valence-corrected chi connectivity index (χ0v) is 15.7. The maximum Gasteiger partial charge on any atom is 0.244 e. The van der Waals surface area contributed by atoms with Gasteiger partial charge in [0.05, 0.1) is 23.8 Å². The SMILES string of the molecule is Cc1ccc(-c2noc([C@@H]3Cc4nc[nH]c4CN3Cc3cccs3)n2)cc1. The van der Waals surface area contributed by atoms with Gasteiger partial charge in [-0.25, -0.2) is 4.98 Å². The molecule has 136 valence electrons. The van der Waals surface area contributed by atoms with Gasteiger partial charge in [0.1, 0.15) is 0 Å². The monoisotopic (exact) mass is 377 g/mol. The van der Waals surface area contributed by atoms with E-state index < -0.39 is 0 Å². The zero-order chi connectivity index (χ0) is 18.2. The van der Waals surface area contributed by atoms with Crippen LogP contribution in [-0.2, 0) is 19.5 Å².